The third-order valence-corrected chi connectivity index (χ3v) is 4.88. The summed E-state index contributed by atoms with van der Waals surface area (Å²) in [4.78, 5) is 15.6. The van der Waals surface area contributed by atoms with Crippen LogP contribution in [-0.4, -0.2) is 49.2 Å². The zero-order valence-electron chi connectivity index (χ0n) is 13.0. The molecule has 1 aliphatic carbocycles. The fraction of sp³-hybridized carbons (Fsp3) is 0.625. The van der Waals surface area contributed by atoms with Crippen molar-refractivity contribution in [3.05, 3.63) is 28.3 Å². The van der Waals surface area contributed by atoms with E-state index in [9.17, 15) is 10.1 Å². The predicted molar refractivity (Wildman–Crippen MR) is 85.7 cm³/mol. The van der Waals surface area contributed by atoms with E-state index in [0.717, 1.165) is 32.2 Å². The number of piperazine rings is 1. The Morgan fingerprint density at radius 2 is 1.86 bits per heavy atom. The van der Waals surface area contributed by atoms with Crippen LogP contribution in [0.4, 0.5) is 11.4 Å². The molecule has 1 heterocycles. The molecule has 1 saturated heterocycles. The van der Waals surface area contributed by atoms with Crippen LogP contribution >= 0.6 is 0 Å². The third-order valence-electron chi connectivity index (χ3n) is 4.88. The molecule has 1 aromatic carbocycles. The van der Waals surface area contributed by atoms with Crippen molar-refractivity contribution in [1.29, 1.82) is 0 Å². The molecule has 22 heavy (non-hydrogen) atoms. The summed E-state index contributed by atoms with van der Waals surface area (Å²) < 4.78 is 5.22. The number of hydrogen-bond acceptors (Lipinski definition) is 5. The fourth-order valence-electron chi connectivity index (χ4n) is 3.64. The van der Waals surface area contributed by atoms with E-state index in [1.807, 2.05) is 0 Å². The molecule has 1 saturated carbocycles. The number of nitro benzene ring substituents is 1. The number of hydrogen-bond donors (Lipinski definition) is 0. The van der Waals surface area contributed by atoms with Gasteiger partial charge in [0.05, 0.1) is 12.0 Å². The molecular weight excluding hydrogens is 282 g/mol. The summed E-state index contributed by atoms with van der Waals surface area (Å²) in [5.41, 5.74) is 0.838. The SMILES string of the molecule is COc1ccc([N+](=O)[O-])c(N2CCN(C3CCCC3)CC2)c1. The first-order valence-electron chi connectivity index (χ1n) is 8.00. The number of anilines is 1. The Kier molecular flexibility index (Phi) is 4.47. The number of rotatable bonds is 4. The fourth-order valence-corrected chi connectivity index (χ4v) is 3.64. The van der Waals surface area contributed by atoms with Gasteiger partial charge in [-0.15, -0.1) is 0 Å². The Morgan fingerprint density at radius 3 is 2.45 bits per heavy atom. The number of methoxy groups -OCH3 is 1. The highest BCUT2D eigenvalue weighted by atomic mass is 16.6. The van der Waals surface area contributed by atoms with Crippen molar-refractivity contribution < 1.29 is 9.66 Å². The van der Waals surface area contributed by atoms with Crippen LogP contribution < -0.4 is 9.64 Å². The van der Waals surface area contributed by atoms with Crippen molar-refractivity contribution in [2.24, 2.45) is 0 Å². The molecule has 3 rings (SSSR count). The molecule has 1 aliphatic heterocycles. The van der Waals surface area contributed by atoms with Gasteiger partial charge in [0.1, 0.15) is 11.4 Å². The Hall–Kier alpha value is -1.82. The number of benzene rings is 1. The van der Waals surface area contributed by atoms with Crippen LogP contribution in [-0.2, 0) is 0 Å². The van der Waals surface area contributed by atoms with Crippen LogP contribution in [0.15, 0.2) is 18.2 Å². The average Bonchev–Trinajstić information content (AvgIpc) is 3.09. The third kappa shape index (κ3) is 3.02. The van der Waals surface area contributed by atoms with E-state index in [1.165, 1.54) is 31.7 Å². The molecule has 0 aromatic heterocycles. The molecule has 6 heteroatoms. The molecule has 0 unspecified atom stereocenters. The number of nitrogens with zero attached hydrogens (tertiary/aromatic N) is 3. The first-order valence-corrected chi connectivity index (χ1v) is 8.00. The van der Waals surface area contributed by atoms with Crippen LogP contribution in [0.2, 0.25) is 0 Å². The van der Waals surface area contributed by atoms with E-state index < -0.39 is 0 Å². The second kappa shape index (κ2) is 6.52. The second-order valence-corrected chi connectivity index (χ2v) is 6.07. The molecule has 0 bridgehead atoms. The Labute approximate surface area is 130 Å². The molecule has 0 radical (unpaired) electrons. The highest BCUT2D eigenvalue weighted by Gasteiger charge is 2.28. The average molecular weight is 305 g/mol. The summed E-state index contributed by atoms with van der Waals surface area (Å²) >= 11 is 0. The highest BCUT2D eigenvalue weighted by molar-refractivity contribution is 5.66. The van der Waals surface area contributed by atoms with E-state index in [-0.39, 0.29) is 10.6 Å². The largest absolute Gasteiger partial charge is 0.497 e. The van der Waals surface area contributed by atoms with Crippen LogP contribution in [0.25, 0.3) is 0 Å². The Morgan fingerprint density at radius 1 is 1.18 bits per heavy atom. The first-order chi connectivity index (χ1) is 10.7. The summed E-state index contributed by atoms with van der Waals surface area (Å²) in [5, 5.41) is 11.3. The van der Waals surface area contributed by atoms with Gasteiger partial charge in [-0.25, -0.2) is 0 Å². The van der Waals surface area contributed by atoms with Gasteiger partial charge in [-0.3, -0.25) is 15.0 Å². The summed E-state index contributed by atoms with van der Waals surface area (Å²) in [6.07, 6.45) is 5.29. The maximum atomic E-state index is 11.3. The van der Waals surface area contributed by atoms with E-state index >= 15 is 0 Å². The molecule has 1 aromatic rings. The van der Waals surface area contributed by atoms with Crippen molar-refractivity contribution in [3.8, 4) is 5.75 Å². The molecule has 120 valence electrons. The van der Waals surface area contributed by atoms with Gasteiger partial charge in [-0.1, -0.05) is 12.8 Å². The lowest BCUT2D eigenvalue weighted by Crippen LogP contribution is -2.49. The van der Waals surface area contributed by atoms with E-state index in [1.54, 1.807) is 19.2 Å². The summed E-state index contributed by atoms with van der Waals surface area (Å²) in [7, 11) is 1.59. The maximum Gasteiger partial charge on any atom is 0.292 e. The Bertz CT molecular complexity index is 535. The topological polar surface area (TPSA) is 58.9 Å². The molecule has 2 fully saturated rings. The zero-order valence-corrected chi connectivity index (χ0v) is 13.0. The van der Waals surface area contributed by atoms with Gasteiger partial charge in [-0.2, -0.15) is 0 Å². The lowest BCUT2D eigenvalue weighted by atomic mass is 10.1. The van der Waals surface area contributed by atoms with Crippen LogP contribution in [0.1, 0.15) is 25.7 Å². The lowest BCUT2D eigenvalue weighted by Gasteiger charge is -2.38. The van der Waals surface area contributed by atoms with Gasteiger partial charge in [-0.05, 0) is 18.9 Å². The molecule has 0 spiro atoms. The van der Waals surface area contributed by atoms with Crippen LogP contribution in [0.3, 0.4) is 0 Å². The van der Waals surface area contributed by atoms with Gasteiger partial charge in [0.25, 0.3) is 5.69 Å². The second-order valence-electron chi connectivity index (χ2n) is 6.07. The molecule has 0 atom stereocenters. The summed E-state index contributed by atoms with van der Waals surface area (Å²) in [6, 6.07) is 5.69. The maximum absolute atomic E-state index is 11.3. The first kappa shape index (κ1) is 15.1. The molecule has 0 amide bonds. The highest BCUT2D eigenvalue weighted by Crippen LogP contribution is 2.33. The minimum Gasteiger partial charge on any atom is -0.497 e. The van der Waals surface area contributed by atoms with Crippen molar-refractivity contribution in [3.63, 3.8) is 0 Å². The molecular formula is C16H23N3O3. The van der Waals surface area contributed by atoms with Crippen molar-refractivity contribution in [1.82, 2.24) is 4.90 Å². The predicted octanol–water partition coefficient (Wildman–Crippen LogP) is 2.67. The van der Waals surface area contributed by atoms with E-state index in [2.05, 4.69) is 9.80 Å². The van der Waals surface area contributed by atoms with Gasteiger partial charge < -0.3 is 9.64 Å². The zero-order chi connectivity index (χ0) is 15.5. The lowest BCUT2D eigenvalue weighted by molar-refractivity contribution is -0.384. The van der Waals surface area contributed by atoms with Gasteiger partial charge in [0, 0.05) is 44.4 Å². The number of nitro groups is 1. The standard InChI is InChI=1S/C16H23N3O3/c1-22-14-6-7-15(19(20)21)16(12-14)18-10-8-17(9-11-18)13-4-2-3-5-13/h6-7,12-13H,2-5,8-11H2,1H3. The van der Waals surface area contributed by atoms with Gasteiger partial charge >= 0.3 is 0 Å². The van der Waals surface area contributed by atoms with Crippen molar-refractivity contribution >= 4 is 11.4 Å². The van der Waals surface area contributed by atoms with E-state index in [0.29, 0.717) is 11.4 Å². The normalized spacial score (nSPS) is 20.3. The van der Waals surface area contributed by atoms with Gasteiger partial charge in [0.15, 0.2) is 0 Å². The quantitative estimate of drug-likeness (QED) is 0.632. The van der Waals surface area contributed by atoms with E-state index in [4.69, 9.17) is 4.74 Å². The number of ether oxygens (including phenoxy) is 1. The molecule has 0 N–H and O–H groups in total. The van der Waals surface area contributed by atoms with Gasteiger partial charge in [0.2, 0.25) is 0 Å². The smallest absolute Gasteiger partial charge is 0.292 e. The molecule has 2 aliphatic rings. The minimum absolute atomic E-state index is 0.162. The summed E-state index contributed by atoms with van der Waals surface area (Å²) in [6.45, 7) is 3.65. The monoisotopic (exact) mass is 305 g/mol. The van der Waals surface area contributed by atoms with Crippen LogP contribution in [0, 0.1) is 10.1 Å². The van der Waals surface area contributed by atoms with Crippen LogP contribution in [0.5, 0.6) is 5.75 Å². The van der Waals surface area contributed by atoms with Crippen molar-refractivity contribution in [2.45, 2.75) is 31.7 Å². The van der Waals surface area contributed by atoms with Crippen molar-refractivity contribution in [2.75, 3.05) is 38.2 Å². The molecule has 6 nitrogen and oxygen atoms in total. The minimum atomic E-state index is -0.307. The Balaban J connectivity index is 1.73. The summed E-state index contributed by atoms with van der Waals surface area (Å²) in [5.74, 6) is 0.666.